The predicted octanol–water partition coefficient (Wildman–Crippen LogP) is 4.19. The van der Waals surface area contributed by atoms with Crippen LogP contribution in [0.15, 0.2) is 12.3 Å². The smallest absolute Gasteiger partial charge is 0.340 e. The van der Waals surface area contributed by atoms with Crippen LogP contribution < -0.4 is 10.2 Å². The highest BCUT2D eigenvalue weighted by molar-refractivity contribution is 6.34. The molecule has 0 bridgehead atoms. The van der Waals surface area contributed by atoms with Gasteiger partial charge in [0.05, 0.1) is 35.3 Å². The van der Waals surface area contributed by atoms with Gasteiger partial charge in [0.25, 0.3) is 5.91 Å². The number of aromatic amines is 1. The highest BCUT2D eigenvalue weighted by atomic mass is 16.5. The van der Waals surface area contributed by atoms with Crippen LogP contribution in [0.25, 0.3) is 11.6 Å². The monoisotopic (exact) mass is 425 g/mol. The quantitative estimate of drug-likeness (QED) is 0.336. The first-order valence-corrected chi connectivity index (χ1v) is 10.9. The highest BCUT2D eigenvalue weighted by Gasteiger charge is 2.28. The molecule has 2 aromatic heterocycles. The summed E-state index contributed by atoms with van der Waals surface area (Å²) in [7, 11) is 1.96. The number of anilines is 2. The molecular weight excluding hydrogens is 394 g/mol. The summed E-state index contributed by atoms with van der Waals surface area (Å²) in [6.45, 7) is 6.95. The number of carbonyl (C=O) groups is 2. The van der Waals surface area contributed by atoms with Crippen LogP contribution in [0.5, 0.6) is 0 Å². The van der Waals surface area contributed by atoms with E-state index in [4.69, 9.17) is 4.74 Å². The van der Waals surface area contributed by atoms with E-state index in [-0.39, 0.29) is 12.5 Å². The number of aromatic nitrogens is 3. The average Bonchev–Trinajstić information content (AvgIpc) is 3.27. The molecule has 1 aliphatic heterocycles. The summed E-state index contributed by atoms with van der Waals surface area (Å²) in [6, 6.07) is 1.72. The van der Waals surface area contributed by atoms with Crippen molar-refractivity contribution in [3.63, 3.8) is 0 Å². The summed E-state index contributed by atoms with van der Waals surface area (Å²) in [4.78, 5) is 39.1. The first-order chi connectivity index (χ1) is 14.9. The molecule has 3 heterocycles. The molecule has 3 rings (SSSR count). The lowest BCUT2D eigenvalue weighted by Gasteiger charge is -2.17. The van der Waals surface area contributed by atoms with Gasteiger partial charge in [-0.25, -0.2) is 14.8 Å². The molecular formula is C23H31N5O3. The van der Waals surface area contributed by atoms with Crippen LogP contribution in [-0.2, 0) is 9.53 Å². The fourth-order valence-electron chi connectivity index (χ4n) is 3.58. The van der Waals surface area contributed by atoms with Gasteiger partial charge in [0.15, 0.2) is 0 Å². The molecule has 8 nitrogen and oxygen atoms in total. The van der Waals surface area contributed by atoms with E-state index in [1.807, 2.05) is 18.9 Å². The number of unbranched alkanes of at least 4 members (excludes halogenated alkanes) is 4. The molecule has 2 N–H and O–H groups in total. The maximum absolute atomic E-state index is 12.6. The van der Waals surface area contributed by atoms with Crippen LogP contribution in [0.2, 0.25) is 0 Å². The lowest BCUT2D eigenvalue weighted by atomic mass is 10.1. The number of ether oxygens (including phenoxy) is 1. The number of carbonyl (C=O) groups excluding carboxylic acids is 2. The van der Waals surface area contributed by atoms with Crippen molar-refractivity contribution in [3.8, 4) is 0 Å². The Bertz CT molecular complexity index is 980. The molecule has 8 heteroatoms. The Morgan fingerprint density at radius 2 is 2.00 bits per heavy atom. The molecule has 0 saturated carbocycles. The number of hydrogen-bond acceptors (Lipinski definition) is 6. The van der Waals surface area contributed by atoms with E-state index in [9.17, 15) is 9.59 Å². The van der Waals surface area contributed by atoms with Gasteiger partial charge in [-0.15, -0.1) is 0 Å². The fourth-order valence-corrected chi connectivity index (χ4v) is 3.58. The van der Waals surface area contributed by atoms with Crippen molar-refractivity contribution in [2.75, 3.05) is 30.4 Å². The lowest BCUT2D eigenvalue weighted by Crippen LogP contribution is -2.21. The second-order valence-corrected chi connectivity index (χ2v) is 7.78. The molecule has 0 aliphatic carbocycles. The van der Waals surface area contributed by atoms with Crippen molar-refractivity contribution in [2.45, 2.75) is 52.9 Å². The summed E-state index contributed by atoms with van der Waals surface area (Å²) < 4.78 is 5.13. The fraction of sp³-hybridized carbons (Fsp3) is 0.478. The third-order valence-electron chi connectivity index (χ3n) is 5.23. The van der Waals surface area contributed by atoms with E-state index in [0.29, 0.717) is 34.2 Å². The van der Waals surface area contributed by atoms with E-state index in [1.54, 1.807) is 25.3 Å². The minimum atomic E-state index is -0.427. The molecule has 2 aromatic rings. The van der Waals surface area contributed by atoms with Crippen LogP contribution in [0.4, 0.5) is 11.6 Å². The standard InChI is InChI=1S/C23H31N5O3/c1-5-7-8-9-10-11-28(4)23-24-14-19-20(27-23)17(21(29)26-19)13-18-16(12-15(3)25-18)22(30)31-6-2/h12-14,25H,5-11H2,1-4H3,(H,26,29)/b17-13-. The maximum atomic E-state index is 12.6. The van der Waals surface area contributed by atoms with E-state index in [2.05, 4.69) is 27.2 Å². The normalized spacial score (nSPS) is 13.9. The first kappa shape index (κ1) is 22.5. The van der Waals surface area contributed by atoms with Gasteiger partial charge in [0.2, 0.25) is 5.95 Å². The zero-order valence-corrected chi connectivity index (χ0v) is 18.7. The molecule has 1 aliphatic rings. The van der Waals surface area contributed by atoms with Gasteiger partial charge in [-0.3, -0.25) is 4.79 Å². The molecule has 1 amide bonds. The van der Waals surface area contributed by atoms with Crippen molar-refractivity contribution in [3.05, 3.63) is 34.9 Å². The van der Waals surface area contributed by atoms with Gasteiger partial charge < -0.3 is 19.9 Å². The van der Waals surface area contributed by atoms with Gasteiger partial charge >= 0.3 is 5.97 Å². The Balaban J connectivity index is 1.84. The summed E-state index contributed by atoms with van der Waals surface area (Å²) in [5.41, 5.74) is 3.22. The van der Waals surface area contributed by atoms with Crippen LogP contribution in [0.3, 0.4) is 0 Å². The molecule has 166 valence electrons. The summed E-state index contributed by atoms with van der Waals surface area (Å²) in [6.07, 6.45) is 9.25. The van der Waals surface area contributed by atoms with Gasteiger partial charge in [0, 0.05) is 19.3 Å². The van der Waals surface area contributed by atoms with E-state index in [0.717, 1.165) is 18.7 Å². The van der Waals surface area contributed by atoms with Crippen LogP contribution >= 0.6 is 0 Å². The number of fused-ring (bicyclic) bond motifs is 1. The molecule has 0 fully saturated rings. The first-order valence-electron chi connectivity index (χ1n) is 10.9. The van der Waals surface area contributed by atoms with E-state index >= 15 is 0 Å². The topological polar surface area (TPSA) is 100 Å². The predicted molar refractivity (Wildman–Crippen MR) is 122 cm³/mol. The number of aryl methyl sites for hydroxylation is 1. The van der Waals surface area contributed by atoms with Crippen LogP contribution in [0.1, 0.15) is 73.4 Å². The van der Waals surface area contributed by atoms with Gasteiger partial charge in [-0.2, -0.15) is 0 Å². The van der Waals surface area contributed by atoms with Gasteiger partial charge in [-0.05, 0) is 32.4 Å². The minimum Gasteiger partial charge on any atom is -0.462 e. The summed E-state index contributed by atoms with van der Waals surface area (Å²) in [5, 5.41) is 2.80. The summed E-state index contributed by atoms with van der Waals surface area (Å²) >= 11 is 0. The average molecular weight is 426 g/mol. The van der Waals surface area contributed by atoms with Crippen molar-refractivity contribution in [2.24, 2.45) is 0 Å². The number of nitrogens with one attached hydrogen (secondary N) is 2. The van der Waals surface area contributed by atoms with Gasteiger partial charge in [0.1, 0.15) is 5.69 Å². The zero-order chi connectivity index (χ0) is 22.4. The highest BCUT2D eigenvalue weighted by Crippen LogP contribution is 2.32. The number of amides is 1. The second-order valence-electron chi connectivity index (χ2n) is 7.78. The number of esters is 1. The van der Waals surface area contributed by atoms with E-state index in [1.165, 1.54) is 25.7 Å². The minimum absolute atomic E-state index is 0.272. The van der Waals surface area contributed by atoms with Crippen molar-refractivity contribution < 1.29 is 14.3 Å². The molecule has 0 aromatic carbocycles. The summed E-state index contributed by atoms with van der Waals surface area (Å²) in [5.74, 6) is -0.126. The lowest BCUT2D eigenvalue weighted by molar-refractivity contribution is -0.110. The molecule has 0 radical (unpaired) electrons. The Morgan fingerprint density at radius 1 is 1.23 bits per heavy atom. The molecule has 0 atom stereocenters. The Kier molecular flexibility index (Phi) is 7.44. The molecule has 31 heavy (non-hydrogen) atoms. The van der Waals surface area contributed by atoms with Crippen molar-refractivity contribution >= 4 is 35.2 Å². The zero-order valence-electron chi connectivity index (χ0n) is 18.7. The third kappa shape index (κ3) is 5.31. The second kappa shape index (κ2) is 10.2. The van der Waals surface area contributed by atoms with Crippen molar-refractivity contribution in [1.29, 1.82) is 0 Å². The van der Waals surface area contributed by atoms with Crippen LogP contribution in [0, 0.1) is 6.92 Å². The Labute approximate surface area is 183 Å². The largest absolute Gasteiger partial charge is 0.462 e. The number of nitrogens with zero attached hydrogens (tertiary/aromatic N) is 3. The number of H-pyrrole nitrogens is 1. The molecule has 0 unspecified atom stereocenters. The Hall–Kier alpha value is -3.16. The molecule has 0 spiro atoms. The molecule has 0 saturated heterocycles. The van der Waals surface area contributed by atoms with Crippen molar-refractivity contribution in [1.82, 2.24) is 15.0 Å². The van der Waals surface area contributed by atoms with Gasteiger partial charge in [-0.1, -0.05) is 32.6 Å². The maximum Gasteiger partial charge on any atom is 0.340 e. The number of rotatable bonds is 10. The third-order valence-corrected chi connectivity index (χ3v) is 5.23. The Morgan fingerprint density at radius 3 is 2.74 bits per heavy atom. The van der Waals surface area contributed by atoms with Crippen LogP contribution in [-0.4, -0.2) is 47.0 Å². The van der Waals surface area contributed by atoms with E-state index < -0.39 is 5.97 Å². The SMILES string of the molecule is CCCCCCCN(C)c1ncc2c(n1)/C(=C/c1[nH]c(C)cc1C(=O)OCC)C(=O)N2. The number of hydrogen-bond donors (Lipinski definition) is 2.